The summed E-state index contributed by atoms with van der Waals surface area (Å²) in [5.41, 5.74) is 0. The highest BCUT2D eigenvalue weighted by Crippen LogP contribution is 2.26. The predicted octanol–water partition coefficient (Wildman–Crippen LogP) is 4.84. The van der Waals surface area contributed by atoms with Gasteiger partial charge in [0.05, 0.1) is 0 Å². The number of hydrogen-bond acceptors (Lipinski definition) is 3. The summed E-state index contributed by atoms with van der Waals surface area (Å²) in [7, 11) is 0. The van der Waals surface area contributed by atoms with Crippen molar-refractivity contribution in [1.29, 1.82) is 0 Å². The fraction of sp³-hybridized carbons (Fsp3) is 0. The van der Waals surface area contributed by atoms with E-state index in [0.29, 0.717) is 11.6 Å². The van der Waals surface area contributed by atoms with Gasteiger partial charge in [-0.1, -0.05) is 28.1 Å². The summed E-state index contributed by atoms with van der Waals surface area (Å²) in [6.07, 6.45) is 1.56. The van der Waals surface area contributed by atoms with Crippen molar-refractivity contribution >= 4 is 38.3 Å². The Morgan fingerprint density at radius 2 is 1.79 bits per heavy atom. The zero-order valence-electron chi connectivity index (χ0n) is 9.68. The van der Waals surface area contributed by atoms with Crippen LogP contribution in [0, 0.1) is 0 Å². The van der Waals surface area contributed by atoms with E-state index >= 15 is 0 Å². The van der Waals surface area contributed by atoms with E-state index < -0.39 is 0 Å². The van der Waals surface area contributed by atoms with Gasteiger partial charge in [0.1, 0.15) is 5.75 Å². The first-order valence-corrected chi connectivity index (χ1v) is 6.73. The third kappa shape index (κ3) is 2.85. The Labute approximate surface area is 123 Å². The molecule has 0 unspecified atom stereocenters. The van der Waals surface area contributed by atoms with Crippen LogP contribution in [0.1, 0.15) is 0 Å². The summed E-state index contributed by atoms with van der Waals surface area (Å²) in [6, 6.07) is 13.6. The van der Waals surface area contributed by atoms with Crippen LogP contribution in [0.4, 0.5) is 0 Å². The van der Waals surface area contributed by atoms with Crippen LogP contribution in [-0.4, -0.2) is 9.97 Å². The first-order valence-electron chi connectivity index (χ1n) is 5.56. The quantitative estimate of drug-likeness (QED) is 0.629. The van der Waals surface area contributed by atoms with E-state index in [9.17, 15) is 0 Å². The second-order valence-corrected chi connectivity index (χ2v) is 5.17. The minimum atomic E-state index is 0.169. The number of hydrogen-bond donors (Lipinski definition) is 0. The number of rotatable bonds is 2. The van der Waals surface area contributed by atoms with E-state index in [1.165, 1.54) is 0 Å². The van der Waals surface area contributed by atoms with Gasteiger partial charge >= 0.3 is 0 Å². The standard InChI is InChI=1S/C14H8BrClN2O/c15-11-3-1-10-8-12(4-2-9(10)7-11)19-13-5-6-17-14(16)18-13/h1-8H. The van der Waals surface area contributed by atoms with E-state index in [1.54, 1.807) is 12.3 Å². The largest absolute Gasteiger partial charge is 0.439 e. The lowest BCUT2D eigenvalue weighted by molar-refractivity contribution is 0.462. The van der Waals surface area contributed by atoms with Gasteiger partial charge in [0.2, 0.25) is 11.2 Å². The average molecular weight is 336 g/mol. The van der Waals surface area contributed by atoms with E-state index in [1.807, 2.05) is 30.3 Å². The van der Waals surface area contributed by atoms with Gasteiger partial charge in [-0.15, -0.1) is 0 Å². The SMILES string of the molecule is Clc1nccc(Oc2ccc3cc(Br)ccc3c2)n1. The Hall–Kier alpha value is -1.65. The maximum absolute atomic E-state index is 5.72. The topological polar surface area (TPSA) is 35.0 Å². The van der Waals surface area contributed by atoms with Crippen molar-refractivity contribution in [3.63, 3.8) is 0 Å². The third-order valence-electron chi connectivity index (χ3n) is 2.60. The minimum absolute atomic E-state index is 0.169. The van der Waals surface area contributed by atoms with Gasteiger partial charge in [-0.05, 0) is 46.6 Å². The molecule has 0 amide bonds. The first kappa shape index (κ1) is 12.4. The van der Waals surface area contributed by atoms with Gasteiger partial charge in [0.15, 0.2) is 0 Å². The molecule has 0 aliphatic heterocycles. The van der Waals surface area contributed by atoms with Gasteiger partial charge in [0, 0.05) is 16.7 Å². The van der Waals surface area contributed by atoms with E-state index in [4.69, 9.17) is 16.3 Å². The predicted molar refractivity (Wildman–Crippen MR) is 78.8 cm³/mol. The molecule has 3 nitrogen and oxygen atoms in total. The van der Waals surface area contributed by atoms with Crippen molar-refractivity contribution in [1.82, 2.24) is 9.97 Å². The molecule has 0 aliphatic rings. The highest BCUT2D eigenvalue weighted by Gasteiger charge is 2.02. The van der Waals surface area contributed by atoms with Crippen LogP contribution in [0.2, 0.25) is 5.28 Å². The lowest BCUT2D eigenvalue weighted by Gasteiger charge is -2.06. The van der Waals surface area contributed by atoms with Crippen molar-refractivity contribution < 1.29 is 4.74 Å². The van der Waals surface area contributed by atoms with Gasteiger partial charge in [-0.3, -0.25) is 0 Å². The Kier molecular flexibility index (Phi) is 3.36. The number of fused-ring (bicyclic) bond motifs is 1. The molecule has 19 heavy (non-hydrogen) atoms. The maximum Gasteiger partial charge on any atom is 0.225 e. The average Bonchev–Trinajstić information content (AvgIpc) is 2.39. The minimum Gasteiger partial charge on any atom is -0.439 e. The molecule has 0 N–H and O–H groups in total. The molecule has 0 saturated heterocycles. The molecule has 94 valence electrons. The summed E-state index contributed by atoms with van der Waals surface area (Å²) in [5, 5.41) is 2.41. The summed E-state index contributed by atoms with van der Waals surface area (Å²) < 4.78 is 6.70. The molecule has 0 radical (unpaired) electrons. The highest BCUT2D eigenvalue weighted by molar-refractivity contribution is 9.10. The van der Waals surface area contributed by atoms with Crippen LogP contribution in [-0.2, 0) is 0 Å². The van der Waals surface area contributed by atoms with Crippen molar-refractivity contribution in [3.05, 3.63) is 58.4 Å². The molecule has 0 saturated carbocycles. The number of benzene rings is 2. The van der Waals surface area contributed by atoms with Crippen LogP contribution in [0.25, 0.3) is 10.8 Å². The Bertz CT molecular complexity index is 748. The fourth-order valence-electron chi connectivity index (χ4n) is 1.76. The number of halogens is 2. The van der Waals surface area contributed by atoms with E-state index in [2.05, 4.69) is 32.0 Å². The molecule has 1 heterocycles. The first-order chi connectivity index (χ1) is 9.20. The zero-order chi connectivity index (χ0) is 13.2. The van der Waals surface area contributed by atoms with Crippen molar-refractivity contribution in [3.8, 4) is 11.6 Å². The van der Waals surface area contributed by atoms with Crippen molar-refractivity contribution in [2.45, 2.75) is 0 Å². The molecule has 0 atom stereocenters. The Morgan fingerprint density at radius 3 is 2.63 bits per heavy atom. The van der Waals surface area contributed by atoms with Crippen molar-refractivity contribution in [2.75, 3.05) is 0 Å². The molecule has 3 rings (SSSR count). The van der Waals surface area contributed by atoms with Crippen molar-refractivity contribution in [2.24, 2.45) is 0 Å². The zero-order valence-corrected chi connectivity index (χ0v) is 12.0. The molecular weight excluding hydrogens is 328 g/mol. The van der Waals surface area contributed by atoms with Gasteiger partial charge < -0.3 is 4.74 Å². The van der Waals surface area contributed by atoms with Crippen LogP contribution in [0.15, 0.2) is 53.1 Å². The molecule has 5 heteroatoms. The molecule has 0 aliphatic carbocycles. The lowest BCUT2D eigenvalue weighted by Crippen LogP contribution is -1.89. The lowest BCUT2D eigenvalue weighted by atomic mass is 10.1. The summed E-state index contributed by atoms with van der Waals surface area (Å²) in [6.45, 7) is 0. The third-order valence-corrected chi connectivity index (χ3v) is 3.27. The van der Waals surface area contributed by atoms with Gasteiger partial charge in [-0.2, -0.15) is 4.98 Å². The summed E-state index contributed by atoms with van der Waals surface area (Å²) in [4.78, 5) is 7.80. The second-order valence-electron chi connectivity index (χ2n) is 3.92. The second kappa shape index (κ2) is 5.15. The summed E-state index contributed by atoms with van der Waals surface area (Å²) >= 11 is 9.17. The summed E-state index contributed by atoms with van der Waals surface area (Å²) in [5.74, 6) is 1.14. The van der Waals surface area contributed by atoms with E-state index in [0.717, 1.165) is 15.2 Å². The van der Waals surface area contributed by atoms with E-state index in [-0.39, 0.29) is 5.28 Å². The Morgan fingerprint density at radius 1 is 1.00 bits per heavy atom. The Balaban J connectivity index is 1.95. The molecule has 2 aromatic carbocycles. The van der Waals surface area contributed by atoms with Crippen LogP contribution >= 0.6 is 27.5 Å². The normalized spacial score (nSPS) is 10.6. The van der Waals surface area contributed by atoms with Crippen LogP contribution in [0.3, 0.4) is 0 Å². The van der Waals surface area contributed by atoms with Gasteiger partial charge in [0.25, 0.3) is 0 Å². The molecular formula is C14H8BrClN2O. The molecule has 0 spiro atoms. The number of ether oxygens (including phenoxy) is 1. The monoisotopic (exact) mass is 334 g/mol. The highest BCUT2D eigenvalue weighted by atomic mass is 79.9. The van der Waals surface area contributed by atoms with Crippen LogP contribution < -0.4 is 4.74 Å². The van der Waals surface area contributed by atoms with Crippen LogP contribution in [0.5, 0.6) is 11.6 Å². The number of nitrogens with zero attached hydrogens (tertiary/aromatic N) is 2. The molecule has 0 bridgehead atoms. The molecule has 0 fully saturated rings. The number of aromatic nitrogens is 2. The van der Waals surface area contributed by atoms with Gasteiger partial charge in [-0.25, -0.2) is 4.98 Å². The molecule has 1 aromatic heterocycles. The fourth-order valence-corrected chi connectivity index (χ4v) is 2.27. The maximum atomic E-state index is 5.72. The smallest absolute Gasteiger partial charge is 0.225 e. The molecule has 3 aromatic rings.